The molecule has 35 heavy (non-hydrogen) atoms. The van der Waals surface area contributed by atoms with Crippen LogP contribution in [0.3, 0.4) is 0 Å². The van der Waals surface area contributed by atoms with Crippen LogP contribution < -0.4 is 10.1 Å². The molecule has 4 rings (SSSR count). The third-order valence-electron chi connectivity index (χ3n) is 5.62. The first-order chi connectivity index (χ1) is 16.9. The van der Waals surface area contributed by atoms with Crippen LogP contribution in [0.1, 0.15) is 45.8 Å². The van der Waals surface area contributed by atoms with Gasteiger partial charge in [0, 0.05) is 16.3 Å². The van der Waals surface area contributed by atoms with Gasteiger partial charge in [0.2, 0.25) is 0 Å². The molecule has 0 bridgehead atoms. The number of carbonyl (C=O) groups is 1. The summed E-state index contributed by atoms with van der Waals surface area (Å²) < 4.78 is 7.33. The first-order valence-corrected chi connectivity index (χ1v) is 12.6. The Bertz CT molecular complexity index is 1340. The van der Waals surface area contributed by atoms with Crippen molar-refractivity contribution in [2.24, 2.45) is 0 Å². The lowest BCUT2D eigenvalue weighted by molar-refractivity contribution is 0.0938. The number of ether oxygens (including phenoxy) is 1. The number of benzene rings is 3. The predicted molar refractivity (Wildman–Crippen MR) is 141 cm³/mol. The number of halogens is 1. The molecule has 1 atom stereocenters. The largest absolute Gasteiger partial charge is 0.497 e. The van der Waals surface area contributed by atoms with E-state index in [4.69, 9.17) is 16.3 Å². The molecule has 0 radical (unpaired) electrons. The van der Waals surface area contributed by atoms with Crippen molar-refractivity contribution in [1.82, 2.24) is 20.1 Å². The molecule has 1 unspecified atom stereocenters. The van der Waals surface area contributed by atoms with Gasteiger partial charge in [-0.1, -0.05) is 59.3 Å². The van der Waals surface area contributed by atoms with Crippen molar-refractivity contribution in [3.63, 3.8) is 0 Å². The summed E-state index contributed by atoms with van der Waals surface area (Å²) in [5, 5.41) is 13.3. The molecule has 1 aromatic heterocycles. The van der Waals surface area contributed by atoms with Crippen molar-refractivity contribution in [1.29, 1.82) is 0 Å². The van der Waals surface area contributed by atoms with Gasteiger partial charge in [-0.2, -0.15) is 0 Å². The second-order valence-corrected chi connectivity index (χ2v) is 9.69. The quantitative estimate of drug-likeness (QED) is 0.283. The Morgan fingerprint density at radius 3 is 2.60 bits per heavy atom. The maximum Gasteiger partial charge on any atom is 0.251 e. The summed E-state index contributed by atoms with van der Waals surface area (Å²) in [7, 11) is 1.66. The summed E-state index contributed by atoms with van der Waals surface area (Å²) in [5.41, 5.74) is 4.70. The van der Waals surface area contributed by atoms with Crippen LogP contribution in [0, 0.1) is 13.8 Å². The monoisotopic (exact) mass is 506 g/mol. The fourth-order valence-corrected chi connectivity index (χ4v) is 4.73. The molecule has 0 spiro atoms. The highest BCUT2D eigenvalue weighted by Crippen LogP contribution is 2.31. The van der Waals surface area contributed by atoms with Crippen LogP contribution >= 0.6 is 23.4 Å². The molecule has 0 aliphatic rings. The first kappa shape index (κ1) is 24.8. The maximum atomic E-state index is 12.9. The number of aromatic nitrogens is 3. The molecule has 0 aliphatic carbocycles. The number of thioether (sulfide) groups is 1. The zero-order valence-corrected chi connectivity index (χ0v) is 21.7. The molecule has 1 heterocycles. The van der Waals surface area contributed by atoms with Gasteiger partial charge in [-0.15, -0.1) is 10.2 Å². The Hall–Kier alpha value is -3.29. The number of carbonyl (C=O) groups excluding carboxylic acids is 1. The molecule has 6 nitrogen and oxygen atoms in total. The van der Waals surface area contributed by atoms with E-state index in [0.29, 0.717) is 27.3 Å². The van der Waals surface area contributed by atoms with Gasteiger partial charge < -0.3 is 10.1 Å². The Morgan fingerprint density at radius 2 is 1.86 bits per heavy atom. The molecule has 1 amide bonds. The number of amides is 1. The Labute approximate surface area is 214 Å². The average Bonchev–Trinajstić information content (AvgIpc) is 3.28. The molecule has 3 aromatic carbocycles. The van der Waals surface area contributed by atoms with Crippen LogP contribution in [-0.2, 0) is 5.75 Å². The second kappa shape index (κ2) is 11.0. The van der Waals surface area contributed by atoms with Gasteiger partial charge in [-0.25, -0.2) is 0 Å². The molecule has 0 fully saturated rings. The number of nitrogens with one attached hydrogen (secondary N) is 1. The Balaban J connectivity index is 1.66. The van der Waals surface area contributed by atoms with E-state index in [1.165, 1.54) is 0 Å². The van der Waals surface area contributed by atoms with Crippen LogP contribution in [-0.4, -0.2) is 27.8 Å². The van der Waals surface area contributed by atoms with Crippen LogP contribution in [0.2, 0.25) is 5.02 Å². The van der Waals surface area contributed by atoms with Gasteiger partial charge in [0.1, 0.15) is 5.75 Å². The SMILES string of the molecule is COc1cccc(CSc2nnc(C(C)NC(=O)c3ccc(C)cc3)n2-c2cc(Cl)ccc2C)c1. The molecule has 0 aliphatic heterocycles. The smallest absolute Gasteiger partial charge is 0.251 e. The fraction of sp³-hybridized carbons (Fsp3) is 0.222. The Kier molecular flexibility index (Phi) is 7.78. The summed E-state index contributed by atoms with van der Waals surface area (Å²) in [6, 6.07) is 20.7. The highest BCUT2D eigenvalue weighted by atomic mass is 35.5. The van der Waals surface area contributed by atoms with Crippen molar-refractivity contribution < 1.29 is 9.53 Å². The molecular formula is C27H27ClN4O2S. The van der Waals surface area contributed by atoms with Crippen molar-refractivity contribution in [3.05, 3.63) is 99.8 Å². The normalized spacial score (nSPS) is 11.8. The summed E-state index contributed by atoms with van der Waals surface area (Å²) >= 11 is 7.92. The lowest BCUT2D eigenvalue weighted by Gasteiger charge is -2.18. The summed E-state index contributed by atoms with van der Waals surface area (Å²) in [6.07, 6.45) is 0. The van der Waals surface area contributed by atoms with Crippen molar-refractivity contribution in [2.45, 2.75) is 37.7 Å². The summed E-state index contributed by atoms with van der Waals surface area (Å²) in [4.78, 5) is 12.9. The van der Waals surface area contributed by atoms with Crippen molar-refractivity contribution in [3.8, 4) is 11.4 Å². The number of rotatable bonds is 8. The molecule has 8 heteroatoms. The van der Waals surface area contributed by atoms with E-state index in [-0.39, 0.29) is 11.9 Å². The van der Waals surface area contributed by atoms with Crippen molar-refractivity contribution >= 4 is 29.3 Å². The van der Waals surface area contributed by atoms with Gasteiger partial charge in [0.15, 0.2) is 11.0 Å². The van der Waals surface area contributed by atoms with Gasteiger partial charge in [-0.3, -0.25) is 9.36 Å². The van der Waals surface area contributed by atoms with E-state index in [1.54, 1.807) is 18.9 Å². The van der Waals surface area contributed by atoms with Crippen LogP contribution in [0.15, 0.2) is 71.9 Å². The average molecular weight is 507 g/mol. The summed E-state index contributed by atoms with van der Waals surface area (Å²) in [5.74, 6) is 1.95. The second-order valence-electron chi connectivity index (χ2n) is 8.31. The fourth-order valence-electron chi connectivity index (χ4n) is 3.66. The first-order valence-electron chi connectivity index (χ1n) is 11.2. The van der Waals surface area contributed by atoms with E-state index in [0.717, 1.165) is 28.1 Å². The van der Waals surface area contributed by atoms with Crippen LogP contribution in [0.25, 0.3) is 5.69 Å². The Morgan fingerprint density at radius 1 is 1.09 bits per heavy atom. The van der Waals surface area contributed by atoms with E-state index in [2.05, 4.69) is 15.5 Å². The van der Waals surface area contributed by atoms with Gasteiger partial charge in [-0.05, 0) is 68.3 Å². The number of nitrogens with zero attached hydrogens (tertiary/aromatic N) is 3. The number of methoxy groups -OCH3 is 1. The number of aryl methyl sites for hydroxylation is 2. The topological polar surface area (TPSA) is 69.0 Å². The highest BCUT2D eigenvalue weighted by Gasteiger charge is 2.23. The highest BCUT2D eigenvalue weighted by molar-refractivity contribution is 7.98. The van der Waals surface area contributed by atoms with Gasteiger partial charge >= 0.3 is 0 Å². The van der Waals surface area contributed by atoms with E-state index in [9.17, 15) is 4.79 Å². The van der Waals surface area contributed by atoms with E-state index in [1.807, 2.05) is 92.1 Å². The predicted octanol–water partition coefficient (Wildman–Crippen LogP) is 6.33. The standard InChI is InChI=1S/C27H27ClN4O2S/c1-17-8-11-21(12-9-17)26(33)29-19(3)25-30-31-27(32(25)24-15-22(28)13-10-18(24)2)35-16-20-6-5-7-23(14-20)34-4/h5-15,19H,16H2,1-4H3,(H,29,33). The minimum absolute atomic E-state index is 0.166. The molecule has 4 aromatic rings. The van der Waals surface area contributed by atoms with Gasteiger partial charge in [0.05, 0.1) is 18.8 Å². The maximum absolute atomic E-state index is 12.9. The molecule has 0 saturated heterocycles. The minimum Gasteiger partial charge on any atom is -0.497 e. The van der Waals surface area contributed by atoms with Crippen LogP contribution in [0.5, 0.6) is 5.75 Å². The minimum atomic E-state index is -0.388. The third kappa shape index (κ3) is 5.86. The zero-order chi connectivity index (χ0) is 24.9. The summed E-state index contributed by atoms with van der Waals surface area (Å²) in [6.45, 7) is 5.91. The van der Waals surface area contributed by atoms with Crippen LogP contribution in [0.4, 0.5) is 0 Å². The molecule has 0 saturated carbocycles. The molecule has 1 N–H and O–H groups in total. The van der Waals surface area contributed by atoms with Crippen molar-refractivity contribution in [2.75, 3.05) is 7.11 Å². The number of hydrogen-bond acceptors (Lipinski definition) is 5. The number of hydrogen-bond donors (Lipinski definition) is 1. The molecule has 180 valence electrons. The third-order valence-corrected chi connectivity index (χ3v) is 6.86. The lowest BCUT2D eigenvalue weighted by Crippen LogP contribution is -2.28. The van der Waals surface area contributed by atoms with E-state index < -0.39 is 0 Å². The molecular weight excluding hydrogens is 480 g/mol. The lowest BCUT2D eigenvalue weighted by atomic mass is 10.1. The zero-order valence-electron chi connectivity index (χ0n) is 20.1. The van der Waals surface area contributed by atoms with Gasteiger partial charge in [0.25, 0.3) is 5.91 Å². The van der Waals surface area contributed by atoms with E-state index >= 15 is 0 Å².